The summed E-state index contributed by atoms with van der Waals surface area (Å²) in [6.45, 7) is 5.37. The molecule has 2 heterocycles. The van der Waals surface area contributed by atoms with Crippen LogP contribution in [-0.4, -0.2) is 68.1 Å². The van der Waals surface area contributed by atoms with Crippen molar-refractivity contribution < 1.29 is 19.1 Å². The highest BCUT2D eigenvalue weighted by Crippen LogP contribution is 2.40. The third-order valence-electron chi connectivity index (χ3n) is 5.66. The van der Waals surface area contributed by atoms with Crippen molar-refractivity contribution in [3.63, 3.8) is 0 Å². The van der Waals surface area contributed by atoms with Crippen LogP contribution in [0.2, 0.25) is 0 Å². The first-order valence-electron chi connectivity index (χ1n) is 9.80. The van der Waals surface area contributed by atoms with E-state index in [1.165, 1.54) is 0 Å². The molecular weight excluding hydrogens is 344 g/mol. The minimum atomic E-state index is -0.398. The van der Waals surface area contributed by atoms with Gasteiger partial charge in [0.15, 0.2) is 6.61 Å². The van der Waals surface area contributed by atoms with Gasteiger partial charge in [0.25, 0.3) is 5.91 Å². The number of hydrogen-bond donors (Lipinski definition) is 0. The monoisotopic (exact) mass is 374 g/mol. The summed E-state index contributed by atoms with van der Waals surface area (Å²) in [6, 6.07) is 7.68. The molecule has 1 aromatic carbocycles. The van der Waals surface area contributed by atoms with Crippen LogP contribution in [-0.2, 0) is 14.3 Å². The average Bonchev–Trinajstić information content (AvgIpc) is 3.09. The van der Waals surface area contributed by atoms with Crippen LogP contribution in [0, 0.1) is 12.3 Å². The summed E-state index contributed by atoms with van der Waals surface area (Å²) in [6.07, 6.45) is 3.48. The second kappa shape index (κ2) is 8.74. The van der Waals surface area contributed by atoms with E-state index in [4.69, 9.17) is 9.47 Å². The van der Waals surface area contributed by atoms with Gasteiger partial charge < -0.3 is 19.3 Å². The summed E-state index contributed by atoms with van der Waals surface area (Å²) >= 11 is 0. The van der Waals surface area contributed by atoms with E-state index >= 15 is 0 Å². The van der Waals surface area contributed by atoms with E-state index in [0.29, 0.717) is 25.4 Å². The molecule has 0 saturated carbocycles. The van der Waals surface area contributed by atoms with Crippen LogP contribution < -0.4 is 4.74 Å². The van der Waals surface area contributed by atoms with Gasteiger partial charge in [-0.2, -0.15) is 0 Å². The van der Waals surface area contributed by atoms with Gasteiger partial charge in [0.2, 0.25) is 5.91 Å². The lowest BCUT2D eigenvalue weighted by atomic mass is 9.78. The van der Waals surface area contributed by atoms with Gasteiger partial charge in [-0.3, -0.25) is 9.59 Å². The van der Waals surface area contributed by atoms with Crippen LogP contribution in [0.15, 0.2) is 24.3 Å². The van der Waals surface area contributed by atoms with Crippen molar-refractivity contribution in [3.05, 3.63) is 29.8 Å². The lowest BCUT2D eigenvalue weighted by molar-refractivity contribution is -0.146. The number of benzene rings is 1. The molecule has 2 saturated heterocycles. The Kier molecular flexibility index (Phi) is 6.37. The van der Waals surface area contributed by atoms with Gasteiger partial charge in [0.05, 0.1) is 5.41 Å². The second-order valence-electron chi connectivity index (χ2n) is 7.69. The van der Waals surface area contributed by atoms with Gasteiger partial charge >= 0.3 is 0 Å². The van der Waals surface area contributed by atoms with Gasteiger partial charge in [-0.15, -0.1) is 0 Å². The number of piperidine rings is 1. The zero-order valence-corrected chi connectivity index (χ0v) is 16.4. The van der Waals surface area contributed by atoms with E-state index in [1.807, 2.05) is 36.1 Å². The molecule has 2 fully saturated rings. The molecular formula is C21H30N2O4. The Balaban J connectivity index is 1.54. The molecule has 0 aliphatic carbocycles. The van der Waals surface area contributed by atoms with Crippen molar-refractivity contribution in [2.45, 2.75) is 32.6 Å². The molecule has 148 valence electrons. The summed E-state index contributed by atoms with van der Waals surface area (Å²) in [5.74, 6) is 0.868. The number of likely N-dealkylation sites (tertiary alicyclic amines) is 2. The fraction of sp³-hybridized carbons (Fsp3) is 0.619. The van der Waals surface area contributed by atoms with Crippen LogP contribution in [0.4, 0.5) is 0 Å². The average molecular weight is 374 g/mol. The van der Waals surface area contributed by atoms with E-state index < -0.39 is 5.41 Å². The summed E-state index contributed by atoms with van der Waals surface area (Å²) in [5.41, 5.74) is 0.700. The first-order chi connectivity index (χ1) is 13.0. The lowest BCUT2D eigenvalue weighted by Gasteiger charge is -2.39. The van der Waals surface area contributed by atoms with Crippen LogP contribution in [0.3, 0.4) is 0 Å². The van der Waals surface area contributed by atoms with Crippen LogP contribution in [0.25, 0.3) is 0 Å². The molecule has 2 aliphatic heterocycles. The molecule has 0 bridgehead atoms. The third kappa shape index (κ3) is 4.61. The minimum absolute atomic E-state index is 0.0191. The molecule has 2 amide bonds. The topological polar surface area (TPSA) is 59.1 Å². The van der Waals surface area contributed by atoms with Crippen LogP contribution in [0.1, 0.15) is 31.2 Å². The number of carbonyl (C=O) groups is 2. The molecule has 1 atom stereocenters. The normalized spacial score (nSPS) is 22.5. The van der Waals surface area contributed by atoms with Crippen LogP contribution in [0.5, 0.6) is 5.75 Å². The van der Waals surface area contributed by atoms with Gasteiger partial charge in [0.1, 0.15) is 5.75 Å². The molecule has 6 nitrogen and oxygen atoms in total. The van der Waals surface area contributed by atoms with E-state index in [9.17, 15) is 9.59 Å². The number of carbonyl (C=O) groups excluding carboxylic acids is 2. The Morgan fingerprint density at radius 2 is 2.11 bits per heavy atom. The molecule has 3 rings (SSSR count). The molecule has 6 heteroatoms. The number of nitrogens with zero attached hydrogens (tertiary/aromatic N) is 2. The molecule has 0 unspecified atom stereocenters. The standard InChI is InChI=1S/C21H30N2O4/c1-17-6-3-7-18(14-17)27-15-19(24)23-12-9-21(16-23)8-4-10-22(20(21)25)11-5-13-26-2/h3,6-7,14H,4-5,8-13,15-16H2,1-2H3/t21-/m0/s1. The molecule has 1 spiro atoms. The van der Waals surface area contributed by atoms with Crippen molar-refractivity contribution in [1.29, 1.82) is 0 Å². The second-order valence-corrected chi connectivity index (χ2v) is 7.69. The van der Waals surface area contributed by atoms with E-state index in [2.05, 4.69) is 0 Å². The Labute approximate surface area is 161 Å². The van der Waals surface area contributed by atoms with Gasteiger partial charge in [-0.05, 0) is 50.3 Å². The number of methoxy groups -OCH3 is 1. The fourth-order valence-corrected chi connectivity index (χ4v) is 4.17. The SMILES string of the molecule is COCCCN1CCC[C@@]2(CCN(C(=O)COc3cccc(C)c3)C2)C1=O. The van der Waals surface area contributed by atoms with Gasteiger partial charge in [0, 0.05) is 39.9 Å². The highest BCUT2D eigenvalue weighted by molar-refractivity contribution is 5.86. The zero-order chi connectivity index (χ0) is 19.3. The number of aryl methyl sites for hydroxylation is 1. The minimum Gasteiger partial charge on any atom is -0.484 e. The summed E-state index contributed by atoms with van der Waals surface area (Å²) in [7, 11) is 1.68. The summed E-state index contributed by atoms with van der Waals surface area (Å²) < 4.78 is 10.7. The maximum atomic E-state index is 13.0. The number of ether oxygens (including phenoxy) is 2. The Morgan fingerprint density at radius 3 is 2.89 bits per heavy atom. The summed E-state index contributed by atoms with van der Waals surface area (Å²) in [4.78, 5) is 29.4. The molecule has 0 N–H and O–H groups in total. The quantitative estimate of drug-likeness (QED) is 0.687. The van der Waals surface area contributed by atoms with E-state index in [-0.39, 0.29) is 18.4 Å². The van der Waals surface area contributed by atoms with Crippen LogP contribution >= 0.6 is 0 Å². The van der Waals surface area contributed by atoms with E-state index in [1.54, 1.807) is 12.0 Å². The molecule has 2 aliphatic rings. The van der Waals surface area contributed by atoms with Gasteiger partial charge in [-0.1, -0.05) is 12.1 Å². The predicted octanol–water partition coefficient (Wildman–Crippen LogP) is 2.25. The fourth-order valence-electron chi connectivity index (χ4n) is 4.17. The van der Waals surface area contributed by atoms with Crippen molar-refractivity contribution in [3.8, 4) is 5.75 Å². The molecule has 0 aromatic heterocycles. The maximum absolute atomic E-state index is 13.0. The predicted molar refractivity (Wildman–Crippen MR) is 103 cm³/mol. The van der Waals surface area contributed by atoms with Crippen molar-refractivity contribution in [2.24, 2.45) is 5.41 Å². The lowest BCUT2D eigenvalue weighted by Crippen LogP contribution is -2.50. The first kappa shape index (κ1) is 19.7. The summed E-state index contributed by atoms with van der Waals surface area (Å²) in [5, 5.41) is 0. The van der Waals surface area contributed by atoms with Crippen molar-refractivity contribution in [1.82, 2.24) is 9.80 Å². The van der Waals surface area contributed by atoms with E-state index in [0.717, 1.165) is 44.3 Å². The molecule has 0 radical (unpaired) electrons. The Bertz CT molecular complexity index is 678. The highest BCUT2D eigenvalue weighted by Gasteiger charge is 2.49. The number of rotatable bonds is 7. The first-order valence-corrected chi connectivity index (χ1v) is 9.80. The largest absolute Gasteiger partial charge is 0.484 e. The smallest absolute Gasteiger partial charge is 0.260 e. The molecule has 27 heavy (non-hydrogen) atoms. The molecule has 1 aromatic rings. The third-order valence-corrected chi connectivity index (χ3v) is 5.66. The zero-order valence-electron chi connectivity index (χ0n) is 16.4. The van der Waals surface area contributed by atoms with Gasteiger partial charge in [-0.25, -0.2) is 0 Å². The van der Waals surface area contributed by atoms with Crippen molar-refractivity contribution in [2.75, 3.05) is 46.5 Å². The highest BCUT2D eigenvalue weighted by atomic mass is 16.5. The van der Waals surface area contributed by atoms with Crippen molar-refractivity contribution >= 4 is 11.8 Å². The Morgan fingerprint density at radius 1 is 1.26 bits per heavy atom. The number of amides is 2. The number of hydrogen-bond acceptors (Lipinski definition) is 4. The Hall–Kier alpha value is -2.08. The maximum Gasteiger partial charge on any atom is 0.260 e.